The first-order chi connectivity index (χ1) is 17.5. The Balaban J connectivity index is 2.00. The number of carbonyl (C=O) groups is 1. The van der Waals surface area contributed by atoms with Crippen LogP contribution in [-0.4, -0.2) is 48.2 Å². The zero-order chi connectivity index (χ0) is 27.2. The lowest BCUT2D eigenvalue weighted by atomic mass is 9.90. The molecule has 1 aromatic carbocycles. The molecule has 7 nitrogen and oxygen atoms in total. The van der Waals surface area contributed by atoms with Crippen LogP contribution in [0.1, 0.15) is 76.6 Å². The van der Waals surface area contributed by atoms with Gasteiger partial charge in [0.15, 0.2) is 0 Å². The van der Waals surface area contributed by atoms with Gasteiger partial charge in [-0.2, -0.15) is 22.5 Å². The summed E-state index contributed by atoms with van der Waals surface area (Å²) in [4.78, 5) is 17.9. The molecule has 0 amide bonds. The number of benzene rings is 1. The molecule has 0 aliphatic heterocycles. The van der Waals surface area contributed by atoms with Crippen LogP contribution in [0.15, 0.2) is 18.2 Å². The van der Waals surface area contributed by atoms with E-state index >= 15 is 0 Å². The molecule has 3 rings (SSSR count). The summed E-state index contributed by atoms with van der Waals surface area (Å²) in [5, 5.41) is 3.19. The van der Waals surface area contributed by atoms with E-state index in [2.05, 4.69) is 33.4 Å². The van der Waals surface area contributed by atoms with Crippen LogP contribution in [0.4, 0.5) is 29.7 Å². The van der Waals surface area contributed by atoms with Gasteiger partial charge in [0.2, 0.25) is 11.0 Å². The Hall–Kier alpha value is -2.40. The first kappa shape index (κ1) is 29.2. The van der Waals surface area contributed by atoms with Crippen molar-refractivity contribution in [3.05, 3.63) is 29.6 Å². The Morgan fingerprint density at radius 3 is 2.49 bits per heavy atom. The van der Waals surface area contributed by atoms with Crippen LogP contribution in [0.3, 0.4) is 0 Å². The van der Waals surface area contributed by atoms with Gasteiger partial charge in [-0.15, -0.1) is 0 Å². The molecule has 1 aromatic heterocycles. The third-order valence-corrected chi connectivity index (χ3v) is 7.77. The summed E-state index contributed by atoms with van der Waals surface area (Å²) in [5.74, 6) is -1.20. The van der Waals surface area contributed by atoms with Crippen LogP contribution < -0.4 is 10.2 Å². The number of nitrogens with one attached hydrogen (secondary N) is 1. The van der Waals surface area contributed by atoms with Gasteiger partial charge < -0.3 is 19.7 Å². The Kier molecular flexibility index (Phi) is 10.2. The number of carbonyl (C=O) groups excluding carboxylic acids is 1. The van der Waals surface area contributed by atoms with E-state index in [0.29, 0.717) is 23.1 Å². The normalized spacial score (nSPS) is 19.8. The van der Waals surface area contributed by atoms with Crippen LogP contribution in [0, 0.1) is 5.92 Å². The van der Waals surface area contributed by atoms with E-state index in [-0.39, 0.29) is 35.6 Å². The van der Waals surface area contributed by atoms with E-state index in [1.165, 1.54) is 7.11 Å². The Morgan fingerprint density at radius 1 is 1.22 bits per heavy atom. The van der Waals surface area contributed by atoms with Gasteiger partial charge in [-0.05, 0) is 55.2 Å². The molecule has 0 spiro atoms. The van der Waals surface area contributed by atoms with Crippen molar-refractivity contribution in [2.75, 3.05) is 31.0 Å². The predicted molar refractivity (Wildman–Crippen MR) is 140 cm³/mol. The summed E-state index contributed by atoms with van der Waals surface area (Å²) in [6, 6.07) is 6.17. The molecule has 2 atom stereocenters. The van der Waals surface area contributed by atoms with Crippen molar-refractivity contribution in [1.29, 1.82) is 0 Å². The lowest BCUT2D eigenvalue weighted by molar-refractivity contribution is -0.144. The van der Waals surface area contributed by atoms with Crippen molar-refractivity contribution >= 4 is 34.0 Å². The van der Waals surface area contributed by atoms with Crippen molar-refractivity contribution in [2.24, 2.45) is 5.92 Å². The molecule has 2 aromatic rings. The van der Waals surface area contributed by atoms with Gasteiger partial charge in [0.1, 0.15) is 0 Å². The van der Waals surface area contributed by atoms with E-state index in [1.54, 1.807) is 7.11 Å². The number of hydrogen-bond donors (Lipinski definition) is 1. The fourth-order valence-electron chi connectivity index (χ4n) is 4.67. The zero-order valence-corrected chi connectivity index (χ0v) is 22.9. The molecule has 1 N–H and O–H groups in total. The van der Waals surface area contributed by atoms with Crippen LogP contribution >= 0.6 is 11.5 Å². The lowest BCUT2D eigenvalue weighted by Gasteiger charge is -2.40. The number of halogens is 3. The maximum absolute atomic E-state index is 13.2. The number of ether oxygens (including phenoxy) is 2. The molecule has 1 fully saturated rings. The molecular formula is C26H37F3N4O3S. The predicted octanol–water partition coefficient (Wildman–Crippen LogP) is 6.78. The Morgan fingerprint density at radius 2 is 1.92 bits per heavy atom. The number of nitrogens with zero attached hydrogens (tertiary/aromatic N) is 3. The molecule has 1 aliphatic carbocycles. The van der Waals surface area contributed by atoms with Gasteiger partial charge >= 0.3 is 12.1 Å². The smallest absolute Gasteiger partial charge is 0.452 e. The van der Waals surface area contributed by atoms with Crippen molar-refractivity contribution in [3.8, 4) is 0 Å². The third kappa shape index (κ3) is 7.80. The summed E-state index contributed by atoms with van der Waals surface area (Å²) >= 11 is 0.676. The first-order valence-corrected chi connectivity index (χ1v) is 13.5. The van der Waals surface area contributed by atoms with E-state index in [4.69, 9.17) is 9.47 Å². The second kappa shape index (κ2) is 12.9. The molecule has 1 aliphatic rings. The van der Waals surface area contributed by atoms with Crippen LogP contribution in [0.2, 0.25) is 0 Å². The van der Waals surface area contributed by atoms with Crippen molar-refractivity contribution in [1.82, 2.24) is 9.36 Å². The number of anilines is 3. The van der Waals surface area contributed by atoms with Crippen molar-refractivity contribution in [3.63, 3.8) is 0 Å². The van der Waals surface area contributed by atoms with Crippen LogP contribution in [0.5, 0.6) is 0 Å². The first-order valence-electron chi connectivity index (χ1n) is 12.7. The minimum atomic E-state index is -4.61. The minimum Gasteiger partial charge on any atom is -0.469 e. The van der Waals surface area contributed by atoms with E-state index in [1.807, 2.05) is 25.1 Å². The third-order valence-electron chi connectivity index (χ3n) is 7.14. The van der Waals surface area contributed by atoms with Gasteiger partial charge in [-0.3, -0.25) is 4.79 Å². The van der Waals surface area contributed by atoms with Gasteiger partial charge in [0, 0.05) is 31.2 Å². The molecule has 206 valence electrons. The maximum atomic E-state index is 13.2. The molecule has 1 saturated carbocycles. The van der Waals surface area contributed by atoms with Crippen LogP contribution in [-0.2, 0) is 20.4 Å². The number of rotatable bonds is 11. The van der Waals surface area contributed by atoms with Crippen LogP contribution in [0.25, 0.3) is 0 Å². The summed E-state index contributed by atoms with van der Waals surface area (Å²) in [6.45, 7) is 7.09. The molecular weight excluding hydrogens is 505 g/mol. The molecule has 0 bridgehead atoms. The fraction of sp³-hybridized carbons (Fsp3) is 0.654. The average molecular weight is 543 g/mol. The number of aromatic nitrogens is 2. The summed E-state index contributed by atoms with van der Waals surface area (Å²) in [6.07, 6.45) is 0.691. The number of hydrogen-bond acceptors (Lipinski definition) is 8. The highest BCUT2D eigenvalue weighted by Crippen LogP contribution is 2.39. The van der Waals surface area contributed by atoms with Gasteiger partial charge in [-0.1, -0.05) is 33.3 Å². The number of esters is 1. The number of methoxy groups -OCH3 is 2. The second-order valence-electron chi connectivity index (χ2n) is 9.84. The highest BCUT2D eigenvalue weighted by molar-refractivity contribution is 7.09. The van der Waals surface area contributed by atoms with Crippen molar-refractivity contribution < 1.29 is 27.4 Å². The van der Waals surface area contributed by atoms with E-state index in [0.717, 1.165) is 49.9 Å². The molecule has 37 heavy (non-hydrogen) atoms. The van der Waals surface area contributed by atoms with Gasteiger partial charge in [-0.25, -0.2) is 0 Å². The van der Waals surface area contributed by atoms with E-state index < -0.39 is 12.0 Å². The largest absolute Gasteiger partial charge is 0.469 e. The molecule has 0 radical (unpaired) electrons. The SMILES string of the molecule is CCC(C)CN(c1ccc([C@H](C)CC(=O)OC)cc1Nc1nc(C(F)(F)F)ns1)[C@H]1CC[C@H](OC)CC1. The van der Waals surface area contributed by atoms with E-state index in [9.17, 15) is 18.0 Å². The van der Waals surface area contributed by atoms with Crippen molar-refractivity contribution in [2.45, 2.75) is 83.5 Å². The highest BCUT2D eigenvalue weighted by atomic mass is 32.1. The van der Waals surface area contributed by atoms with Gasteiger partial charge in [0.05, 0.1) is 31.0 Å². The summed E-state index contributed by atoms with van der Waals surface area (Å²) in [5.41, 5.74) is 2.43. The Labute approximate surface area is 220 Å². The van der Waals surface area contributed by atoms with Gasteiger partial charge in [0.25, 0.3) is 0 Å². The standard InChI is InChI=1S/C26H37F3N4O3S/c1-6-16(2)15-33(19-8-10-20(35-4)11-9-19)22-12-7-18(17(3)13-23(34)36-5)14-21(22)30-25-31-24(32-37-25)26(27,28)29/h7,12,14,16-17,19-20H,6,8-11,13,15H2,1-5H3,(H,30,31,32)/t16?,17-,19-,20-/m1/s1. The zero-order valence-electron chi connectivity index (χ0n) is 22.1. The Bertz CT molecular complexity index is 1020. The topological polar surface area (TPSA) is 76.6 Å². The minimum absolute atomic E-state index is 0.0675. The average Bonchev–Trinajstić information content (AvgIpc) is 3.36. The second-order valence-corrected chi connectivity index (χ2v) is 10.6. The highest BCUT2D eigenvalue weighted by Gasteiger charge is 2.36. The number of alkyl halides is 3. The quantitative estimate of drug-likeness (QED) is 0.314. The summed E-state index contributed by atoms with van der Waals surface area (Å²) < 4.78 is 53.3. The molecule has 11 heteroatoms. The lowest BCUT2D eigenvalue weighted by Crippen LogP contribution is -2.42. The molecule has 1 unspecified atom stereocenters. The maximum Gasteiger partial charge on any atom is 0.452 e. The summed E-state index contributed by atoms with van der Waals surface area (Å²) in [7, 11) is 3.10. The fourth-order valence-corrected chi connectivity index (χ4v) is 5.27. The monoisotopic (exact) mass is 542 g/mol. The molecule has 1 heterocycles. The molecule has 0 saturated heterocycles.